The first kappa shape index (κ1) is 20.4. The normalized spacial score (nSPS) is 11.9. The Morgan fingerprint density at radius 3 is 2.26 bits per heavy atom. The summed E-state index contributed by atoms with van der Waals surface area (Å²) in [5.41, 5.74) is 3.18. The lowest BCUT2D eigenvalue weighted by atomic mass is 10.0. The fraction of sp³-hybridized carbons (Fsp3) is 0.0370. The maximum Gasteiger partial charge on any atom is 0.269 e. The van der Waals surface area contributed by atoms with Gasteiger partial charge in [-0.2, -0.15) is 0 Å². The molecule has 3 aromatic heterocycles. The molecule has 0 aliphatic carbocycles. The molecule has 0 fully saturated rings. The highest BCUT2D eigenvalue weighted by atomic mass is 32.2. The highest BCUT2D eigenvalue weighted by Crippen LogP contribution is 2.40. The Kier molecular flexibility index (Phi) is 4.60. The molecule has 0 radical (unpaired) electrons. The van der Waals surface area contributed by atoms with Gasteiger partial charge in [0.05, 0.1) is 28.7 Å². The van der Waals surface area contributed by atoms with Crippen molar-refractivity contribution in [3.8, 4) is 17.0 Å². The second kappa shape index (κ2) is 7.67. The van der Waals surface area contributed by atoms with Gasteiger partial charge < -0.3 is 4.74 Å². The zero-order valence-corrected chi connectivity index (χ0v) is 19.0. The number of fused-ring (bicyclic) bond motifs is 5. The Bertz CT molecular complexity index is 1790. The van der Waals surface area contributed by atoms with Crippen LogP contribution in [0, 0.1) is 0 Å². The molecule has 0 saturated heterocycles. The standard InChI is InChI=1S/C27H19N3O3S/c1-33-19-15-13-18(14-16-19)25-24-22-11-7-17-28-27(22)30(34(31,32)20-8-3-2-4-9-20)26(24)21-10-5-6-12-23(21)29-25/h2-17H,1H3. The molecular weight excluding hydrogens is 446 g/mol. The topological polar surface area (TPSA) is 74.1 Å². The Hall–Kier alpha value is -4.23. The molecule has 6 rings (SSSR count). The summed E-state index contributed by atoms with van der Waals surface area (Å²) in [6, 6.07) is 27.3. The van der Waals surface area contributed by atoms with Crippen molar-refractivity contribution in [1.29, 1.82) is 0 Å². The number of para-hydroxylation sites is 1. The molecule has 0 saturated carbocycles. The van der Waals surface area contributed by atoms with E-state index in [1.807, 2.05) is 60.7 Å². The molecule has 6 nitrogen and oxygen atoms in total. The molecule has 0 N–H and O–H groups in total. The monoisotopic (exact) mass is 465 g/mol. The molecule has 0 aliphatic heterocycles. The summed E-state index contributed by atoms with van der Waals surface area (Å²) in [7, 11) is -2.32. The van der Waals surface area contributed by atoms with Crippen LogP contribution in [0.2, 0.25) is 0 Å². The van der Waals surface area contributed by atoms with Gasteiger partial charge in [-0.1, -0.05) is 36.4 Å². The first-order chi connectivity index (χ1) is 16.6. The van der Waals surface area contributed by atoms with E-state index in [1.165, 1.54) is 3.97 Å². The number of benzene rings is 3. The van der Waals surface area contributed by atoms with E-state index in [4.69, 9.17) is 9.72 Å². The van der Waals surface area contributed by atoms with Gasteiger partial charge in [-0.3, -0.25) is 0 Å². The van der Waals surface area contributed by atoms with Crippen molar-refractivity contribution < 1.29 is 13.2 Å². The average molecular weight is 466 g/mol. The summed E-state index contributed by atoms with van der Waals surface area (Å²) in [6.07, 6.45) is 1.61. The number of hydrogen-bond acceptors (Lipinski definition) is 5. The number of nitrogens with zero attached hydrogens (tertiary/aromatic N) is 3. The van der Waals surface area contributed by atoms with Crippen LogP contribution in [0.5, 0.6) is 5.75 Å². The van der Waals surface area contributed by atoms with E-state index in [-0.39, 0.29) is 4.90 Å². The Balaban J connectivity index is 1.84. The van der Waals surface area contributed by atoms with Gasteiger partial charge in [0.15, 0.2) is 5.65 Å². The second-order valence-electron chi connectivity index (χ2n) is 7.89. The fourth-order valence-electron chi connectivity index (χ4n) is 4.41. The number of aromatic nitrogens is 3. The van der Waals surface area contributed by atoms with Crippen LogP contribution in [-0.4, -0.2) is 29.5 Å². The molecule has 0 aliphatic rings. The van der Waals surface area contributed by atoms with Crippen molar-refractivity contribution in [3.05, 3.63) is 97.2 Å². The molecule has 7 heteroatoms. The predicted molar refractivity (Wildman–Crippen MR) is 134 cm³/mol. The Labute approximate surface area is 196 Å². The zero-order chi connectivity index (χ0) is 23.3. The third-order valence-corrected chi connectivity index (χ3v) is 7.67. The summed E-state index contributed by atoms with van der Waals surface area (Å²) in [4.78, 5) is 9.69. The van der Waals surface area contributed by atoms with Crippen LogP contribution in [0.1, 0.15) is 0 Å². The van der Waals surface area contributed by atoms with Crippen LogP contribution >= 0.6 is 0 Å². The molecule has 0 spiro atoms. The summed E-state index contributed by atoms with van der Waals surface area (Å²) in [5.74, 6) is 0.733. The molecular formula is C27H19N3O3S. The lowest BCUT2D eigenvalue weighted by molar-refractivity contribution is 0.415. The minimum atomic E-state index is -3.94. The largest absolute Gasteiger partial charge is 0.497 e. The summed E-state index contributed by atoms with van der Waals surface area (Å²) >= 11 is 0. The number of rotatable bonds is 4. The molecule has 0 bridgehead atoms. The van der Waals surface area contributed by atoms with Gasteiger partial charge in [-0.15, -0.1) is 0 Å². The van der Waals surface area contributed by atoms with Crippen LogP contribution in [0.15, 0.2) is 102 Å². The molecule has 166 valence electrons. The van der Waals surface area contributed by atoms with Crippen molar-refractivity contribution >= 4 is 42.9 Å². The molecule has 3 heterocycles. The Morgan fingerprint density at radius 2 is 1.50 bits per heavy atom. The van der Waals surface area contributed by atoms with Gasteiger partial charge in [0.2, 0.25) is 0 Å². The van der Waals surface area contributed by atoms with Crippen molar-refractivity contribution in [3.63, 3.8) is 0 Å². The smallest absolute Gasteiger partial charge is 0.269 e. The van der Waals surface area contributed by atoms with Gasteiger partial charge in [-0.25, -0.2) is 22.4 Å². The molecule has 0 amide bonds. The van der Waals surface area contributed by atoms with Gasteiger partial charge in [-0.05, 0) is 54.6 Å². The molecule has 3 aromatic carbocycles. The van der Waals surface area contributed by atoms with Crippen LogP contribution in [-0.2, 0) is 10.0 Å². The van der Waals surface area contributed by atoms with Crippen LogP contribution in [0.25, 0.3) is 44.1 Å². The highest BCUT2D eigenvalue weighted by molar-refractivity contribution is 7.90. The molecule has 34 heavy (non-hydrogen) atoms. The van der Waals surface area contributed by atoms with Gasteiger partial charge >= 0.3 is 0 Å². The van der Waals surface area contributed by atoms with E-state index in [1.54, 1.807) is 43.6 Å². The third-order valence-electron chi connectivity index (χ3n) is 5.96. The van der Waals surface area contributed by atoms with Crippen LogP contribution < -0.4 is 4.74 Å². The SMILES string of the molecule is COc1ccc(-c2nc3ccccc3c3c2c2cccnc2n3S(=O)(=O)c2ccccc2)cc1. The fourth-order valence-corrected chi connectivity index (χ4v) is 5.93. The van der Waals surface area contributed by atoms with Gasteiger partial charge in [0.25, 0.3) is 10.0 Å². The number of pyridine rings is 2. The van der Waals surface area contributed by atoms with Crippen LogP contribution in [0.3, 0.4) is 0 Å². The lowest BCUT2D eigenvalue weighted by Crippen LogP contribution is -2.13. The van der Waals surface area contributed by atoms with Crippen molar-refractivity contribution in [2.45, 2.75) is 4.90 Å². The van der Waals surface area contributed by atoms with Gasteiger partial charge in [0, 0.05) is 27.9 Å². The minimum absolute atomic E-state index is 0.200. The van der Waals surface area contributed by atoms with E-state index in [0.29, 0.717) is 22.4 Å². The molecule has 0 atom stereocenters. The zero-order valence-electron chi connectivity index (χ0n) is 18.2. The first-order valence-electron chi connectivity index (χ1n) is 10.7. The van der Waals surface area contributed by atoms with Crippen molar-refractivity contribution in [2.24, 2.45) is 0 Å². The van der Waals surface area contributed by atoms with E-state index < -0.39 is 10.0 Å². The quantitative estimate of drug-likeness (QED) is 0.336. The maximum atomic E-state index is 14.0. The number of methoxy groups -OCH3 is 1. The lowest BCUT2D eigenvalue weighted by Gasteiger charge is -2.12. The van der Waals surface area contributed by atoms with E-state index in [9.17, 15) is 8.42 Å². The Morgan fingerprint density at radius 1 is 0.794 bits per heavy atom. The number of ether oxygens (including phenoxy) is 1. The van der Waals surface area contributed by atoms with E-state index in [2.05, 4.69) is 4.98 Å². The van der Waals surface area contributed by atoms with Crippen molar-refractivity contribution in [1.82, 2.24) is 13.9 Å². The molecule has 6 aromatic rings. The average Bonchev–Trinajstić information content (AvgIpc) is 3.25. The van der Waals surface area contributed by atoms with E-state index >= 15 is 0 Å². The van der Waals surface area contributed by atoms with Crippen molar-refractivity contribution in [2.75, 3.05) is 7.11 Å². The maximum absolute atomic E-state index is 14.0. The van der Waals surface area contributed by atoms with Crippen LogP contribution in [0.4, 0.5) is 0 Å². The summed E-state index contributed by atoms with van der Waals surface area (Å²) in [5, 5.41) is 2.21. The molecule has 0 unspecified atom stereocenters. The minimum Gasteiger partial charge on any atom is -0.497 e. The summed E-state index contributed by atoms with van der Waals surface area (Å²) in [6.45, 7) is 0. The first-order valence-corrected chi connectivity index (χ1v) is 12.2. The highest BCUT2D eigenvalue weighted by Gasteiger charge is 2.27. The van der Waals surface area contributed by atoms with Gasteiger partial charge in [0.1, 0.15) is 5.75 Å². The predicted octanol–water partition coefficient (Wildman–Crippen LogP) is 5.65. The second-order valence-corrected chi connectivity index (χ2v) is 9.67. The number of hydrogen-bond donors (Lipinski definition) is 0. The third kappa shape index (κ3) is 2.98. The van der Waals surface area contributed by atoms with E-state index in [0.717, 1.165) is 27.5 Å². The summed E-state index contributed by atoms with van der Waals surface area (Å²) < 4.78 is 34.6.